The van der Waals surface area contributed by atoms with Crippen LogP contribution in [-0.2, 0) is 4.79 Å². The molecule has 6 nitrogen and oxygen atoms in total. The fourth-order valence-corrected chi connectivity index (χ4v) is 2.17. The molecule has 0 saturated carbocycles. The fourth-order valence-electron chi connectivity index (χ4n) is 1.71. The quantitative estimate of drug-likeness (QED) is 0.682. The summed E-state index contributed by atoms with van der Waals surface area (Å²) in [6, 6.07) is 6.09. The molecule has 112 valence electrons. The molecule has 2 aromatic rings. The molecule has 0 fully saturated rings. The van der Waals surface area contributed by atoms with Crippen molar-refractivity contribution in [2.75, 3.05) is 5.32 Å². The van der Waals surface area contributed by atoms with E-state index in [1.165, 1.54) is 25.1 Å². The summed E-state index contributed by atoms with van der Waals surface area (Å²) in [5.41, 5.74) is 0.199. The Morgan fingerprint density at radius 1 is 1.41 bits per heavy atom. The average Bonchev–Trinajstić information content (AvgIpc) is 2.89. The van der Waals surface area contributed by atoms with Crippen molar-refractivity contribution in [2.45, 2.75) is 6.92 Å². The molecule has 1 N–H and O–H groups in total. The number of carbonyl (C=O) groups excluding carboxylic acids is 2. The molecule has 1 atom stereocenters. The fraction of sp³-hybridized carbons (Fsp3) is 0.143. The van der Waals surface area contributed by atoms with E-state index in [2.05, 4.69) is 10.3 Å². The number of amides is 1. The number of aromatic nitrogens is 1. The van der Waals surface area contributed by atoms with Crippen molar-refractivity contribution in [1.82, 2.24) is 4.98 Å². The molecule has 1 heterocycles. The van der Waals surface area contributed by atoms with Crippen molar-refractivity contribution in [3.63, 3.8) is 0 Å². The molecule has 0 aliphatic rings. The number of hydrogen-bond acceptors (Lipinski definition) is 5. The number of nitrogens with zero attached hydrogens (tertiary/aromatic N) is 2. The number of nitrogens with one attached hydrogen (secondary N) is 1. The van der Waals surface area contributed by atoms with E-state index in [1.807, 2.05) is 0 Å². The molecule has 0 aliphatic heterocycles. The van der Waals surface area contributed by atoms with Gasteiger partial charge in [0, 0.05) is 5.02 Å². The first-order chi connectivity index (χ1) is 10.4. The minimum atomic E-state index is -1.56. The van der Waals surface area contributed by atoms with E-state index in [0.717, 1.165) is 6.39 Å². The number of hydrogen-bond donors (Lipinski definition) is 1. The van der Waals surface area contributed by atoms with Gasteiger partial charge in [0.05, 0.1) is 16.8 Å². The Morgan fingerprint density at radius 3 is 2.68 bits per heavy atom. The van der Waals surface area contributed by atoms with Gasteiger partial charge in [-0.1, -0.05) is 23.2 Å². The third-order valence-corrected chi connectivity index (χ3v) is 3.37. The Kier molecular flexibility index (Phi) is 4.81. The van der Waals surface area contributed by atoms with Crippen LogP contribution >= 0.6 is 23.2 Å². The molecule has 22 heavy (non-hydrogen) atoms. The third-order valence-electron chi connectivity index (χ3n) is 2.82. The summed E-state index contributed by atoms with van der Waals surface area (Å²) in [6.45, 7) is 1.52. The number of oxazole rings is 1. The van der Waals surface area contributed by atoms with Gasteiger partial charge in [0.2, 0.25) is 11.7 Å². The van der Waals surface area contributed by atoms with E-state index in [1.54, 1.807) is 6.07 Å². The van der Waals surface area contributed by atoms with E-state index < -0.39 is 17.6 Å². The van der Waals surface area contributed by atoms with Crippen molar-refractivity contribution in [3.05, 3.63) is 46.1 Å². The first-order valence-corrected chi connectivity index (χ1v) is 6.79. The standard InChI is InChI=1S/C14H9Cl2N3O3/c1-7-12(18-6-22-7)13(20)9(5-17)14(21)19-11-3-2-8(15)4-10(11)16/h2-4,6,9H,1H3,(H,19,21)/t9-/m0/s1. The molecule has 2 rings (SSSR count). The first-order valence-electron chi connectivity index (χ1n) is 6.04. The molecule has 1 aromatic heterocycles. The van der Waals surface area contributed by atoms with Crippen molar-refractivity contribution < 1.29 is 14.0 Å². The summed E-state index contributed by atoms with van der Waals surface area (Å²) in [4.78, 5) is 28.0. The van der Waals surface area contributed by atoms with Crippen LogP contribution < -0.4 is 5.32 Å². The Labute approximate surface area is 135 Å². The second kappa shape index (κ2) is 6.60. The first kappa shape index (κ1) is 16.0. The molecule has 0 bridgehead atoms. The van der Waals surface area contributed by atoms with Crippen LogP contribution in [0.5, 0.6) is 0 Å². The Bertz CT molecular complexity index is 780. The zero-order chi connectivity index (χ0) is 16.3. The number of halogens is 2. The van der Waals surface area contributed by atoms with Crippen molar-refractivity contribution in [2.24, 2.45) is 5.92 Å². The Balaban J connectivity index is 2.21. The van der Waals surface area contributed by atoms with E-state index in [4.69, 9.17) is 32.9 Å². The Morgan fingerprint density at radius 2 is 2.14 bits per heavy atom. The van der Waals surface area contributed by atoms with Crippen LogP contribution in [0.25, 0.3) is 0 Å². The summed E-state index contributed by atoms with van der Waals surface area (Å²) in [7, 11) is 0. The largest absolute Gasteiger partial charge is 0.448 e. The van der Waals surface area contributed by atoms with E-state index in [9.17, 15) is 9.59 Å². The monoisotopic (exact) mass is 337 g/mol. The van der Waals surface area contributed by atoms with E-state index >= 15 is 0 Å². The second-order valence-corrected chi connectivity index (χ2v) is 5.14. The molecule has 8 heteroatoms. The number of carbonyl (C=O) groups is 2. The zero-order valence-corrected chi connectivity index (χ0v) is 12.8. The lowest BCUT2D eigenvalue weighted by Gasteiger charge is -2.10. The second-order valence-electron chi connectivity index (χ2n) is 4.30. The van der Waals surface area contributed by atoms with Gasteiger partial charge in [-0.3, -0.25) is 9.59 Å². The SMILES string of the molecule is Cc1ocnc1C(=O)[C@H](C#N)C(=O)Nc1ccc(Cl)cc1Cl. The van der Waals surface area contributed by atoms with Crippen LogP contribution in [0.2, 0.25) is 10.0 Å². The van der Waals surface area contributed by atoms with Crippen LogP contribution in [-0.4, -0.2) is 16.7 Å². The molecule has 1 amide bonds. The summed E-state index contributed by atoms with van der Waals surface area (Å²) < 4.78 is 4.90. The number of rotatable bonds is 4. The van der Waals surface area contributed by atoms with Crippen molar-refractivity contribution in [3.8, 4) is 6.07 Å². The summed E-state index contributed by atoms with van der Waals surface area (Å²) in [5.74, 6) is -2.87. The van der Waals surface area contributed by atoms with E-state index in [0.29, 0.717) is 5.02 Å². The maximum absolute atomic E-state index is 12.2. The van der Waals surface area contributed by atoms with Gasteiger partial charge in [-0.2, -0.15) is 5.26 Å². The Hall–Kier alpha value is -2.36. The summed E-state index contributed by atoms with van der Waals surface area (Å²) in [6.07, 6.45) is 1.07. The maximum atomic E-state index is 12.2. The number of nitriles is 1. The molecule has 1 aromatic carbocycles. The van der Waals surface area contributed by atoms with Gasteiger partial charge in [-0.15, -0.1) is 0 Å². The van der Waals surface area contributed by atoms with Gasteiger partial charge < -0.3 is 9.73 Å². The van der Waals surface area contributed by atoms with Gasteiger partial charge >= 0.3 is 0 Å². The average molecular weight is 338 g/mol. The van der Waals surface area contributed by atoms with Gasteiger partial charge in [-0.25, -0.2) is 4.98 Å². The number of anilines is 1. The molecular formula is C14H9Cl2N3O3. The maximum Gasteiger partial charge on any atom is 0.249 e. The van der Waals surface area contributed by atoms with E-state index in [-0.39, 0.29) is 22.2 Å². The number of aryl methyl sites for hydroxylation is 1. The predicted molar refractivity (Wildman–Crippen MR) is 79.8 cm³/mol. The molecule has 0 saturated heterocycles. The highest BCUT2D eigenvalue weighted by Gasteiger charge is 2.31. The topological polar surface area (TPSA) is 96.0 Å². The van der Waals surface area contributed by atoms with Crippen LogP contribution in [0, 0.1) is 24.2 Å². The third kappa shape index (κ3) is 3.27. The summed E-state index contributed by atoms with van der Waals surface area (Å²) >= 11 is 11.7. The van der Waals surface area contributed by atoms with Crippen molar-refractivity contribution >= 4 is 40.6 Å². The van der Waals surface area contributed by atoms with Crippen LogP contribution in [0.1, 0.15) is 16.2 Å². The van der Waals surface area contributed by atoms with Crippen LogP contribution in [0.4, 0.5) is 5.69 Å². The molecule has 0 aliphatic carbocycles. The molecule has 0 spiro atoms. The predicted octanol–water partition coefficient (Wildman–Crippen LogP) is 3.25. The normalized spacial score (nSPS) is 11.5. The highest BCUT2D eigenvalue weighted by Crippen LogP contribution is 2.26. The number of ketones is 1. The highest BCUT2D eigenvalue weighted by molar-refractivity contribution is 6.36. The summed E-state index contributed by atoms with van der Waals surface area (Å²) in [5, 5.41) is 12.1. The van der Waals surface area contributed by atoms with Gasteiger partial charge in [0.15, 0.2) is 12.3 Å². The molecule has 0 unspecified atom stereocenters. The van der Waals surface area contributed by atoms with Crippen LogP contribution in [0.3, 0.4) is 0 Å². The molecular weight excluding hydrogens is 329 g/mol. The zero-order valence-electron chi connectivity index (χ0n) is 11.3. The lowest BCUT2D eigenvalue weighted by molar-refractivity contribution is -0.117. The van der Waals surface area contributed by atoms with Gasteiger partial charge in [-0.05, 0) is 25.1 Å². The van der Waals surface area contributed by atoms with Crippen molar-refractivity contribution in [1.29, 1.82) is 5.26 Å². The minimum absolute atomic E-state index is 0.0519. The van der Waals surface area contributed by atoms with Gasteiger partial charge in [0.25, 0.3) is 0 Å². The lowest BCUT2D eigenvalue weighted by atomic mass is 10.0. The highest BCUT2D eigenvalue weighted by atomic mass is 35.5. The lowest BCUT2D eigenvalue weighted by Crippen LogP contribution is -2.29. The number of Topliss-reactive ketones (excluding diaryl/α,β-unsaturated/α-hetero) is 1. The van der Waals surface area contributed by atoms with Gasteiger partial charge in [0.1, 0.15) is 11.5 Å². The number of benzene rings is 1. The minimum Gasteiger partial charge on any atom is -0.448 e. The van der Waals surface area contributed by atoms with Crippen LogP contribution in [0.15, 0.2) is 29.0 Å². The smallest absolute Gasteiger partial charge is 0.249 e. The molecule has 0 radical (unpaired) electrons.